The number of amides is 1. The molecule has 0 spiro atoms. The summed E-state index contributed by atoms with van der Waals surface area (Å²) in [4.78, 5) is 28.9. The molecule has 0 aliphatic heterocycles. The Hall–Kier alpha value is -4.06. The van der Waals surface area contributed by atoms with Crippen molar-refractivity contribution in [2.45, 2.75) is 20.8 Å². The number of nitro benzene ring substituents is 1. The van der Waals surface area contributed by atoms with Crippen molar-refractivity contribution in [2.24, 2.45) is 0 Å². The Balaban J connectivity index is 1.91. The van der Waals surface area contributed by atoms with E-state index < -0.39 is 4.92 Å². The van der Waals surface area contributed by atoms with Crippen LogP contribution in [0, 0.1) is 30.9 Å². The number of aromatic nitrogens is 1. The van der Waals surface area contributed by atoms with Crippen LogP contribution in [0.25, 0.3) is 22.2 Å². The maximum absolute atomic E-state index is 13.4. The molecule has 0 saturated carbocycles. The van der Waals surface area contributed by atoms with Crippen LogP contribution >= 0.6 is 0 Å². The number of nitrogens with zero attached hydrogens (tertiary/aromatic N) is 2. The van der Waals surface area contributed by atoms with Crippen LogP contribution in [0.1, 0.15) is 27.0 Å². The molecule has 0 saturated heterocycles. The van der Waals surface area contributed by atoms with E-state index in [0.29, 0.717) is 11.3 Å². The standard InChI is InChI=1S/C25H21N3O3/c1-15-12-16(2)23-21(13-15)22(17(3)24(27-23)18-8-5-4-6-9-18)25(29)26-19-10-7-11-20(14-19)28(30)31/h4-14H,1-3H3,(H,26,29). The molecule has 0 atom stereocenters. The minimum atomic E-state index is -0.483. The lowest BCUT2D eigenvalue weighted by molar-refractivity contribution is -0.384. The van der Waals surface area contributed by atoms with Crippen molar-refractivity contribution < 1.29 is 9.72 Å². The Morgan fingerprint density at radius 2 is 1.71 bits per heavy atom. The van der Waals surface area contributed by atoms with Gasteiger partial charge in [0.1, 0.15) is 0 Å². The van der Waals surface area contributed by atoms with Crippen LogP contribution in [0.4, 0.5) is 11.4 Å². The van der Waals surface area contributed by atoms with E-state index in [2.05, 4.69) is 5.32 Å². The lowest BCUT2D eigenvalue weighted by Gasteiger charge is -2.16. The van der Waals surface area contributed by atoms with Gasteiger partial charge in [-0.15, -0.1) is 0 Å². The number of anilines is 1. The van der Waals surface area contributed by atoms with Crippen LogP contribution in [0.5, 0.6) is 0 Å². The second-order valence-electron chi connectivity index (χ2n) is 7.57. The summed E-state index contributed by atoms with van der Waals surface area (Å²) < 4.78 is 0. The number of benzene rings is 3. The van der Waals surface area contributed by atoms with Gasteiger partial charge in [-0.2, -0.15) is 0 Å². The van der Waals surface area contributed by atoms with Gasteiger partial charge in [0.05, 0.1) is 21.7 Å². The molecular weight excluding hydrogens is 390 g/mol. The number of carbonyl (C=O) groups is 1. The Morgan fingerprint density at radius 1 is 0.968 bits per heavy atom. The second kappa shape index (κ2) is 7.99. The summed E-state index contributed by atoms with van der Waals surface area (Å²) in [5.41, 5.74) is 6.00. The van der Waals surface area contributed by atoms with Crippen LogP contribution in [-0.2, 0) is 0 Å². The first-order valence-corrected chi connectivity index (χ1v) is 9.88. The lowest BCUT2D eigenvalue weighted by atomic mass is 9.94. The highest BCUT2D eigenvalue weighted by molar-refractivity contribution is 6.15. The Morgan fingerprint density at radius 3 is 2.42 bits per heavy atom. The van der Waals surface area contributed by atoms with Crippen molar-refractivity contribution in [3.05, 3.63) is 99.1 Å². The number of rotatable bonds is 4. The van der Waals surface area contributed by atoms with E-state index in [1.165, 1.54) is 12.1 Å². The number of nitrogens with one attached hydrogen (secondary N) is 1. The molecule has 0 unspecified atom stereocenters. The van der Waals surface area contributed by atoms with Gasteiger partial charge in [-0.05, 0) is 44.0 Å². The second-order valence-corrected chi connectivity index (χ2v) is 7.57. The molecule has 1 heterocycles. The number of nitro groups is 1. The summed E-state index contributed by atoms with van der Waals surface area (Å²) in [6.45, 7) is 5.85. The zero-order chi connectivity index (χ0) is 22.1. The SMILES string of the molecule is Cc1cc(C)c2nc(-c3ccccc3)c(C)c(C(=O)Nc3cccc([N+](=O)[O-])c3)c2c1. The average Bonchev–Trinajstić information content (AvgIpc) is 2.74. The van der Waals surface area contributed by atoms with Crippen molar-refractivity contribution in [3.8, 4) is 11.3 Å². The Kier molecular flexibility index (Phi) is 5.21. The van der Waals surface area contributed by atoms with E-state index in [4.69, 9.17) is 4.98 Å². The molecule has 0 aliphatic carbocycles. The number of hydrogen-bond donors (Lipinski definition) is 1. The van der Waals surface area contributed by atoms with E-state index in [-0.39, 0.29) is 11.6 Å². The van der Waals surface area contributed by atoms with Crippen molar-refractivity contribution in [1.29, 1.82) is 0 Å². The zero-order valence-electron chi connectivity index (χ0n) is 17.5. The molecule has 1 amide bonds. The van der Waals surface area contributed by atoms with Gasteiger partial charge in [0.2, 0.25) is 0 Å². The summed E-state index contributed by atoms with van der Waals surface area (Å²) in [5.74, 6) is -0.326. The minimum Gasteiger partial charge on any atom is -0.322 e. The third-order valence-electron chi connectivity index (χ3n) is 5.26. The first-order valence-electron chi connectivity index (χ1n) is 9.88. The van der Waals surface area contributed by atoms with E-state index in [1.807, 2.05) is 63.2 Å². The minimum absolute atomic E-state index is 0.0780. The number of non-ortho nitro benzene ring substituents is 1. The zero-order valence-corrected chi connectivity index (χ0v) is 17.5. The molecule has 6 nitrogen and oxygen atoms in total. The van der Waals surface area contributed by atoms with E-state index in [9.17, 15) is 14.9 Å². The topological polar surface area (TPSA) is 85.1 Å². The van der Waals surface area contributed by atoms with Gasteiger partial charge < -0.3 is 5.32 Å². The molecule has 3 aromatic carbocycles. The van der Waals surface area contributed by atoms with Crippen molar-refractivity contribution in [1.82, 2.24) is 4.98 Å². The summed E-state index contributed by atoms with van der Waals surface area (Å²) in [6, 6.07) is 19.7. The fraction of sp³-hybridized carbons (Fsp3) is 0.120. The van der Waals surface area contributed by atoms with Crippen LogP contribution in [0.3, 0.4) is 0 Å². The molecule has 4 aromatic rings. The molecule has 0 bridgehead atoms. The fourth-order valence-electron chi connectivity index (χ4n) is 3.88. The van der Waals surface area contributed by atoms with E-state index in [0.717, 1.165) is 38.9 Å². The molecule has 0 radical (unpaired) electrons. The number of carbonyl (C=O) groups excluding carboxylic acids is 1. The normalized spacial score (nSPS) is 10.8. The van der Waals surface area contributed by atoms with Gasteiger partial charge in [0.15, 0.2) is 0 Å². The molecule has 1 N–H and O–H groups in total. The van der Waals surface area contributed by atoms with Crippen LogP contribution in [0.15, 0.2) is 66.7 Å². The average molecular weight is 411 g/mol. The molecule has 4 rings (SSSR count). The summed E-state index contributed by atoms with van der Waals surface area (Å²) in [5, 5.41) is 14.7. The van der Waals surface area contributed by atoms with Crippen molar-refractivity contribution >= 4 is 28.2 Å². The summed E-state index contributed by atoms with van der Waals surface area (Å²) in [6.07, 6.45) is 0. The summed E-state index contributed by atoms with van der Waals surface area (Å²) in [7, 11) is 0. The Bertz CT molecular complexity index is 1330. The largest absolute Gasteiger partial charge is 0.322 e. The van der Waals surface area contributed by atoms with Crippen LogP contribution in [0.2, 0.25) is 0 Å². The fourth-order valence-corrected chi connectivity index (χ4v) is 3.88. The van der Waals surface area contributed by atoms with Crippen LogP contribution in [-0.4, -0.2) is 15.8 Å². The molecule has 31 heavy (non-hydrogen) atoms. The Labute approximate surface area is 179 Å². The molecular formula is C25H21N3O3. The predicted molar refractivity (Wildman–Crippen MR) is 122 cm³/mol. The van der Waals surface area contributed by atoms with Crippen molar-refractivity contribution in [2.75, 3.05) is 5.32 Å². The first-order chi connectivity index (χ1) is 14.8. The maximum Gasteiger partial charge on any atom is 0.271 e. The third kappa shape index (κ3) is 3.88. The lowest BCUT2D eigenvalue weighted by Crippen LogP contribution is -2.15. The van der Waals surface area contributed by atoms with Gasteiger partial charge >= 0.3 is 0 Å². The third-order valence-corrected chi connectivity index (χ3v) is 5.26. The van der Waals surface area contributed by atoms with E-state index in [1.54, 1.807) is 12.1 Å². The molecule has 1 aromatic heterocycles. The number of pyridine rings is 1. The van der Waals surface area contributed by atoms with Gasteiger partial charge in [-0.3, -0.25) is 14.9 Å². The molecule has 154 valence electrons. The van der Waals surface area contributed by atoms with E-state index >= 15 is 0 Å². The highest BCUT2D eigenvalue weighted by Gasteiger charge is 2.21. The van der Waals surface area contributed by atoms with Gasteiger partial charge in [-0.1, -0.05) is 48.0 Å². The van der Waals surface area contributed by atoms with Crippen molar-refractivity contribution in [3.63, 3.8) is 0 Å². The van der Waals surface area contributed by atoms with Gasteiger partial charge in [0.25, 0.3) is 11.6 Å². The monoisotopic (exact) mass is 411 g/mol. The molecule has 0 aliphatic rings. The summed E-state index contributed by atoms with van der Waals surface area (Å²) >= 11 is 0. The van der Waals surface area contributed by atoms with Gasteiger partial charge in [-0.25, -0.2) is 4.98 Å². The number of hydrogen-bond acceptors (Lipinski definition) is 4. The van der Waals surface area contributed by atoms with Gasteiger partial charge in [0, 0.05) is 28.8 Å². The predicted octanol–water partition coefficient (Wildman–Crippen LogP) is 5.99. The molecule has 0 fully saturated rings. The maximum atomic E-state index is 13.4. The number of fused-ring (bicyclic) bond motifs is 1. The number of aryl methyl sites for hydroxylation is 2. The first kappa shape index (κ1) is 20.2. The quantitative estimate of drug-likeness (QED) is 0.330. The highest BCUT2D eigenvalue weighted by Crippen LogP contribution is 2.32. The smallest absolute Gasteiger partial charge is 0.271 e. The van der Waals surface area contributed by atoms with Crippen LogP contribution < -0.4 is 5.32 Å². The molecule has 6 heteroatoms. The highest BCUT2D eigenvalue weighted by atomic mass is 16.6.